The summed E-state index contributed by atoms with van der Waals surface area (Å²) in [6.45, 7) is 2.13. The van der Waals surface area contributed by atoms with E-state index in [2.05, 4.69) is 10.6 Å². The molecule has 7 nitrogen and oxygen atoms in total. The smallest absolute Gasteiger partial charge is 0.293 e. The number of carbonyl (C=O) groups is 1. The summed E-state index contributed by atoms with van der Waals surface area (Å²) in [5.41, 5.74) is 6.12. The Kier molecular flexibility index (Phi) is 5.65. The van der Waals surface area contributed by atoms with Crippen molar-refractivity contribution in [3.8, 4) is 28.3 Å². The Labute approximate surface area is 178 Å². The van der Waals surface area contributed by atoms with Crippen LogP contribution in [0.4, 0.5) is 0 Å². The number of nitrogens with zero attached hydrogens (tertiary/aromatic N) is 3. The summed E-state index contributed by atoms with van der Waals surface area (Å²) in [7, 11) is 1.59. The van der Waals surface area contributed by atoms with E-state index in [0.29, 0.717) is 34.4 Å². The van der Waals surface area contributed by atoms with E-state index in [0.717, 1.165) is 11.1 Å². The standard InChI is InChI=1S/C22H19ClN4O3/c1-3-30-26-22(28)19-12-18(16-6-4-5-7-20(16)29-2)24-21-13-17(25-27(19)21)14-8-10-15(23)11-9-14/h4-13H,3H2,1-2H3,(H,26,28). The molecule has 4 rings (SSSR count). The Bertz CT molecular complexity index is 1200. The van der Waals surface area contributed by atoms with Crippen LogP contribution in [0.25, 0.3) is 28.2 Å². The molecule has 0 bridgehead atoms. The van der Waals surface area contributed by atoms with Crippen molar-refractivity contribution in [2.75, 3.05) is 13.7 Å². The van der Waals surface area contributed by atoms with Gasteiger partial charge in [0.1, 0.15) is 11.4 Å². The highest BCUT2D eigenvalue weighted by Crippen LogP contribution is 2.30. The van der Waals surface area contributed by atoms with Crippen LogP contribution in [0.15, 0.2) is 60.7 Å². The number of para-hydroxylation sites is 1. The van der Waals surface area contributed by atoms with Gasteiger partial charge in [-0.2, -0.15) is 5.10 Å². The number of amides is 1. The predicted molar refractivity (Wildman–Crippen MR) is 115 cm³/mol. The van der Waals surface area contributed by atoms with E-state index in [-0.39, 0.29) is 5.69 Å². The summed E-state index contributed by atoms with van der Waals surface area (Å²) in [6.07, 6.45) is 0. The quantitative estimate of drug-likeness (QED) is 0.466. The van der Waals surface area contributed by atoms with E-state index in [1.807, 2.05) is 42.5 Å². The van der Waals surface area contributed by atoms with Crippen molar-refractivity contribution in [3.63, 3.8) is 0 Å². The average molecular weight is 423 g/mol. The lowest BCUT2D eigenvalue weighted by molar-refractivity contribution is 0.0357. The molecule has 30 heavy (non-hydrogen) atoms. The molecule has 2 aromatic heterocycles. The van der Waals surface area contributed by atoms with Gasteiger partial charge in [0.2, 0.25) is 0 Å². The number of carbonyl (C=O) groups excluding carboxylic acids is 1. The van der Waals surface area contributed by atoms with Gasteiger partial charge in [0.15, 0.2) is 5.65 Å². The number of benzene rings is 2. The topological polar surface area (TPSA) is 77.8 Å². The van der Waals surface area contributed by atoms with Gasteiger partial charge in [-0.25, -0.2) is 15.0 Å². The fraction of sp³-hybridized carbons (Fsp3) is 0.136. The number of rotatable bonds is 6. The number of ether oxygens (including phenoxy) is 1. The molecule has 0 fully saturated rings. The Morgan fingerprint density at radius 2 is 1.87 bits per heavy atom. The molecule has 0 aliphatic rings. The average Bonchev–Trinajstić information content (AvgIpc) is 3.21. The van der Waals surface area contributed by atoms with Gasteiger partial charge in [0.05, 0.1) is 25.1 Å². The maximum absolute atomic E-state index is 12.8. The Morgan fingerprint density at radius 3 is 2.60 bits per heavy atom. The summed E-state index contributed by atoms with van der Waals surface area (Å²) in [5, 5.41) is 5.22. The van der Waals surface area contributed by atoms with E-state index in [9.17, 15) is 4.79 Å². The molecular formula is C22H19ClN4O3. The molecule has 4 aromatic rings. The monoisotopic (exact) mass is 422 g/mol. The lowest BCUT2D eigenvalue weighted by Crippen LogP contribution is -2.26. The second kappa shape index (κ2) is 8.52. The maximum Gasteiger partial charge on any atom is 0.293 e. The van der Waals surface area contributed by atoms with Gasteiger partial charge in [0, 0.05) is 22.2 Å². The minimum Gasteiger partial charge on any atom is -0.496 e. The van der Waals surface area contributed by atoms with Gasteiger partial charge in [0.25, 0.3) is 5.91 Å². The molecule has 0 saturated carbocycles. The first kappa shape index (κ1) is 19.9. The zero-order valence-electron chi connectivity index (χ0n) is 16.4. The van der Waals surface area contributed by atoms with Gasteiger partial charge < -0.3 is 4.74 Å². The van der Waals surface area contributed by atoms with Crippen LogP contribution in [0.5, 0.6) is 5.75 Å². The van der Waals surface area contributed by atoms with Crippen molar-refractivity contribution in [1.82, 2.24) is 20.1 Å². The summed E-state index contributed by atoms with van der Waals surface area (Å²) in [6, 6.07) is 18.3. The van der Waals surface area contributed by atoms with E-state index in [1.165, 1.54) is 4.52 Å². The van der Waals surface area contributed by atoms with Crippen LogP contribution in [0.3, 0.4) is 0 Å². The largest absolute Gasteiger partial charge is 0.496 e. The second-order valence-corrected chi connectivity index (χ2v) is 6.83. The van der Waals surface area contributed by atoms with E-state index in [1.54, 1.807) is 32.2 Å². The van der Waals surface area contributed by atoms with Crippen LogP contribution in [0.1, 0.15) is 17.4 Å². The summed E-state index contributed by atoms with van der Waals surface area (Å²) in [4.78, 5) is 22.6. The molecule has 0 aliphatic heterocycles. The minimum absolute atomic E-state index is 0.287. The highest BCUT2D eigenvalue weighted by Gasteiger charge is 2.18. The number of hydrogen-bond acceptors (Lipinski definition) is 5. The number of aromatic nitrogens is 3. The highest BCUT2D eigenvalue weighted by molar-refractivity contribution is 6.30. The molecule has 0 radical (unpaired) electrons. The van der Waals surface area contributed by atoms with Gasteiger partial charge >= 0.3 is 0 Å². The first-order valence-electron chi connectivity index (χ1n) is 9.33. The molecular weight excluding hydrogens is 404 g/mol. The van der Waals surface area contributed by atoms with E-state index in [4.69, 9.17) is 26.2 Å². The van der Waals surface area contributed by atoms with E-state index >= 15 is 0 Å². The second-order valence-electron chi connectivity index (χ2n) is 6.40. The summed E-state index contributed by atoms with van der Waals surface area (Å²) < 4.78 is 6.96. The SMILES string of the molecule is CCONC(=O)c1cc(-c2ccccc2OC)nc2cc(-c3ccc(Cl)cc3)nn12. The fourth-order valence-corrected chi connectivity index (χ4v) is 3.21. The van der Waals surface area contributed by atoms with Crippen LogP contribution >= 0.6 is 11.6 Å². The van der Waals surface area contributed by atoms with Crippen molar-refractivity contribution in [3.05, 3.63) is 71.4 Å². The van der Waals surface area contributed by atoms with Gasteiger partial charge in [-0.3, -0.25) is 9.63 Å². The number of halogens is 1. The summed E-state index contributed by atoms with van der Waals surface area (Å²) in [5.74, 6) is 0.231. The number of fused-ring (bicyclic) bond motifs is 1. The molecule has 152 valence electrons. The maximum atomic E-state index is 12.8. The number of nitrogens with one attached hydrogen (secondary N) is 1. The van der Waals surface area contributed by atoms with Crippen LogP contribution < -0.4 is 10.2 Å². The zero-order valence-corrected chi connectivity index (χ0v) is 17.2. The molecule has 1 N–H and O–H groups in total. The van der Waals surface area contributed by atoms with Crippen molar-refractivity contribution < 1.29 is 14.4 Å². The van der Waals surface area contributed by atoms with Crippen LogP contribution in [-0.2, 0) is 4.84 Å². The lowest BCUT2D eigenvalue weighted by Gasteiger charge is -2.11. The van der Waals surface area contributed by atoms with Gasteiger partial charge in [-0.05, 0) is 37.3 Å². The first-order chi connectivity index (χ1) is 14.6. The molecule has 0 unspecified atom stereocenters. The van der Waals surface area contributed by atoms with Crippen molar-refractivity contribution in [2.24, 2.45) is 0 Å². The molecule has 0 saturated heterocycles. The number of methoxy groups -OCH3 is 1. The van der Waals surface area contributed by atoms with Gasteiger partial charge in [-0.1, -0.05) is 35.9 Å². The van der Waals surface area contributed by atoms with Crippen molar-refractivity contribution >= 4 is 23.2 Å². The minimum atomic E-state index is -0.425. The third kappa shape index (κ3) is 3.85. The normalized spacial score (nSPS) is 10.9. The lowest BCUT2D eigenvalue weighted by atomic mass is 10.1. The number of hydroxylamine groups is 1. The third-order valence-electron chi connectivity index (χ3n) is 4.49. The highest BCUT2D eigenvalue weighted by atomic mass is 35.5. The third-order valence-corrected chi connectivity index (χ3v) is 4.74. The Morgan fingerprint density at radius 1 is 1.10 bits per heavy atom. The van der Waals surface area contributed by atoms with E-state index < -0.39 is 5.91 Å². The van der Waals surface area contributed by atoms with Gasteiger partial charge in [-0.15, -0.1) is 0 Å². The molecule has 2 heterocycles. The number of hydrogen-bond donors (Lipinski definition) is 1. The molecule has 0 aliphatic carbocycles. The fourth-order valence-electron chi connectivity index (χ4n) is 3.08. The molecule has 1 amide bonds. The molecule has 0 atom stereocenters. The van der Waals surface area contributed by atoms with Crippen LogP contribution in [0.2, 0.25) is 5.02 Å². The van der Waals surface area contributed by atoms with Crippen molar-refractivity contribution in [1.29, 1.82) is 0 Å². The molecule has 2 aromatic carbocycles. The Balaban J connectivity index is 1.90. The predicted octanol–water partition coefficient (Wildman–Crippen LogP) is 4.41. The van der Waals surface area contributed by atoms with Crippen LogP contribution in [-0.4, -0.2) is 34.2 Å². The first-order valence-corrected chi connectivity index (χ1v) is 9.70. The van der Waals surface area contributed by atoms with Crippen molar-refractivity contribution in [2.45, 2.75) is 6.92 Å². The molecule has 0 spiro atoms. The molecule has 8 heteroatoms. The van der Waals surface area contributed by atoms with Crippen LogP contribution in [0, 0.1) is 0 Å². The Hall–Kier alpha value is -3.42. The zero-order chi connectivity index (χ0) is 21.1. The summed E-state index contributed by atoms with van der Waals surface area (Å²) >= 11 is 5.99.